The number of piperidine rings is 1. The standard InChI is InChI=1S/C29H34N4O3/c30-20-22-7-6-8-23(19-22)21-31-28(34)15-18-33-16-13-25(14-17-33)36-29(35)32-27-12-5-4-11-26(27)24-9-2-1-3-10-24/h1-12,19,25H,13-18,20-21,30H2,(H,31,34)(H,32,35). The normalized spacial score (nSPS) is 14.2. The first-order chi connectivity index (χ1) is 17.6. The second kappa shape index (κ2) is 12.9. The molecular weight excluding hydrogens is 452 g/mol. The quantitative estimate of drug-likeness (QED) is 0.413. The average Bonchev–Trinajstić information content (AvgIpc) is 2.92. The van der Waals surface area contributed by atoms with E-state index >= 15 is 0 Å². The van der Waals surface area contributed by atoms with Gasteiger partial charge in [0.2, 0.25) is 5.91 Å². The van der Waals surface area contributed by atoms with Crippen LogP contribution in [0.25, 0.3) is 11.1 Å². The summed E-state index contributed by atoms with van der Waals surface area (Å²) in [5.41, 5.74) is 10.5. The molecule has 0 saturated carbocycles. The Bertz CT molecular complexity index is 1140. The fraction of sp³-hybridized carbons (Fsp3) is 0.310. The van der Waals surface area contributed by atoms with E-state index in [-0.39, 0.29) is 12.0 Å². The highest BCUT2D eigenvalue weighted by Crippen LogP contribution is 2.28. The van der Waals surface area contributed by atoms with Crippen molar-refractivity contribution in [3.63, 3.8) is 0 Å². The highest BCUT2D eigenvalue weighted by Gasteiger charge is 2.23. The van der Waals surface area contributed by atoms with Gasteiger partial charge in [-0.1, -0.05) is 72.8 Å². The molecule has 0 aromatic heterocycles. The second-order valence-corrected chi connectivity index (χ2v) is 9.03. The third kappa shape index (κ3) is 7.41. The Morgan fingerprint density at radius 2 is 1.64 bits per heavy atom. The maximum absolute atomic E-state index is 12.6. The first-order valence-corrected chi connectivity index (χ1v) is 12.5. The van der Waals surface area contributed by atoms with Gasteiger partial charge < -0.3 is 20.7 Å². The van der Waals surface area contributed by atoms with E-state index in [9.17, 15) is 9.59 Å². The van der Waals surface area contributed by atoms with Crippen molar-refractivity contribution in [2.75, 3.05) is 25.0 Å². The van der Waals surface area contributed by atoms with Crippen LogP contribution in [0.3, 0.4) is 0 Å². The molecule has 188 valence electrons. The van der Waals surface area contributed by atoms with Crippen LogP contribution in [-0.4, -0.2) is 42.6 Å². The average molecular weight is 487 g/mol. The molecule has 3 aromatic rings. The van der Waals surface area contributed by atoms with Crippen molar-refractivity contribution in [3.8, 4) is 11.1 Å². The van der Waals surface area contributed by atoms with Crippen LogP contribution in [0, 0.1) is 0 Å². The molecule has 0 aliphatic carbocycles. The molecule has 7 heteroatoms. The lowest BCUT2D eigenvalue weighted by Gasteiger charge is -2.31. The van der Waals surface area contributed by atoms with Crippen LogP contribution in [0.2, 0.25) is 0 Å². The summed E-state index contributed by atoms with van der Waals surface area (Å²) in [5, 5.41) is 5.89. The summed E-state index contributed by atoms with van der Waals surface area (Å²) < 4.78 is 5.70. The molecule has 0 unspecified atom stereocenters. The van der Waals surface area contributed by atoms with Gasteiger partial charge in [0, 0.05) is 44.7 Å². The largest absolute Gasteiger partial charge is 0.446 e. The number of nitrogens with one attached hydrogen (secondary N) is 2. The molecular formula is C29H34N4O3. The van der Waals surface area contributed by atoms with Crippen LogP contribution >= 0.6 is 0 Å². The number of benzene rings is 3. The Morgan fingerprint density at radius 1 is 0.917 bits per heavy atom. The Kier molecular flexibility index (Phi) is 9.08. The number of para-hydroxylation sites is 1. The molecule has 1 saturated heterocycles. The molecule has 3 aromatic carbocycles. The highest BCUT2D eigenvalue weighted by molar-refractivity contribution is 5.91. The summed E-state index contributed by atoms with van der Waals surface area (Å²) in [6.07, 6.45) is 1.38. The molecule has 0 spiro atoms. The van der Waals surface area contributed by atoms with Crippen LogP contribution in [0.4, 0.5) is 10.5 Å². The van der Waals surface area contributed by atoms with Gasteiger partial charge >= 0.3 is 6.09 Å². The number of hydrogen-bond acceptors (Lipinski definition) is 5. The zero-order valence-corrected chi connectivity index (χ0v) is 20.5. The molecule has 1 aliphatic heterocycles. The number of nitrogens with zero attached hydrogens (tertiary/aromatic N) is 1. The van der Waals surface area contributed by atoms with Gasteiger partial charge in [0.05, 0.1) is 5.69 Å². The van der Waals surface area contributed by atoms with Crippen molar-refractivity contribution in [2.24, 2.45) is 5.73 Å². The van der Waals surface area contributed by atoms with Gasteiger partial charge in [0.25, 0.3) is 0 Å². The van der Waals surface area contributed by atoms with E-state index in [1.807, 2.05) is 78.9 Å². The molecule has 0 radical (unpaired) electrons. The van der Waals surface area contributed by atoms with Crippen LogP contribution in [0.15, 0.2) is 78.9 Å². The zero-order chi connectivity index (χ0) is 25.2. The van der Waals surface area contributed by atoms with Gasteiger partial charge in [0.1, 0.15) is 6.10 Å². The molecule has 2 amide bonds. The second-order valence-electron chi connectivity index (χ2n) is 9.03. The van der Waals surface area contributed by atoms with Crippen molar-refractivity contribution >= 4 is 17.7 Å². The maximum atomic E-state index is 12.6. The summed E-state index contributed by atoms with van der Waals surface area (Å²) >= 11 is 0. The Labute approximate surface area is 212 Å². The van der Waals surface area contributed by atoms with Gasteiger partial charge in [-0.25, -0.2) is 4.79 Å². The van der Waals surface area contributed by atoms with Crippen molar-refractivity contribution in [2.45, 2.75) is 38.5 Å². The summed E-state index contributed by atoms with van der Waals surface area (Å²) in [7, 11) is 0. The number of amides is 2. The molecule has 0 bridgehead atoms. The number of carbonyl (C=O) groups is 2. The van der Waals surface area contributed by atoms with Crippen molar-refractivity contribution < 1.29 is 14.3 Å². The molecule has 4 rings (SSSR count). The Balaban J connectivity index is 1.17. The fourth-order valence-corrected chi connectivity index (χ4v) is 4.42. The molecule has 1 heterocycles. The van der Waals surface area contributed by atoms with Gasteiger partial charge in [0.15, 0.2) is 0 Å². The van der Waals surface area contributed by atoms with Gasteiger partial charge in [-0.3, -0.25) is 10.1 Å². The lowest BCUT2D eigenvalue weighted by molar-refractivity contribution is -0.121. The fourth-order valence-electron chi connectivity index (χ4n) is 4.42. The summed E-state index contributed by atoms with van der Waals surface area (Å²) in [6.45, 7) is 3.28. The van der Waals surface area contributed by atoms with Crippen LogP contribution in [0.1, 0.15) is 30.4 Å². The van der Waals surface area contributed by atoms with E-state index in [1.165, 1.54) is 0 Å². The number of likely N-dealkylation sites (tertiary alicyclic amines) is 1. The van der Waals surface area contributed by atoms with Crippen LogP contribution in [-0.2, 0) is 22.6 Å². The Morgan fingerprint density at radius 3 is 2.42 bits per heavy atom. The van der Waals surface area contributed by atoms with E-state index in [0.29, 0.717) is 26.1 Å². The van der Waals surface area contributed by atoms with Crippen LogP contribution < -0.4 is 16.4 Å². The number of anilines is 1. The van der Waals surface area contributed by atoms with Gasteiger partial charge in [-0.05, 0) is 35.6 Å². The highest BCUT2D eigenvalue weighted by atomic mass is 16.6. The van der Waals surface area contributed by atoms with E-state index in [0.717, 1.165) is 53.9 Å². The third-order valence-corrected chi connectivity index (χ3v) is 6.43. The van der Waals surface area contributed by atoms with Gasteiger partial charge in [-0.2, -0.15) is 0 Å². The lowest BCUT2D eigenvalue weighted by Crippen LogP contribution is -2.40. The first kappa shape index (κ1) is 25.4. The smallest absolute Gasteiger partial charge is 0.411 e. The molecule has 1 fully saturated rings. The van der Waals surface area contributed by atoms with Crippen molar-refractivity contribution in [3.05, 3.63) is 90.0 Å². The van der Waals surface area contributed by atoms with Crippen LogP contribution in [0.5, 0.6) is 0 Å². The maximum Gasteiger partial charge on any atom is 0.411 e. The number of ether oxygens (including phenoxy) is 1. The summed E-state index contributed by atoms with van der Waals surface area (Å²) in [5.74, 6) is 0.0305. The molecule has 7 nitrogen and oxygen atoms in total. The topological polar surface area (TPSA) is 96.7 Å². The number of carbonyl (C=O) groups excluding carboxylic acids is 2. The number of nitrogens with two attached hydrogens (primary N) is 1. The number of hydrogen-bond donors (Lipinski definition) is 3. The minimum absolute atomic E-state index is 0.0305. The van der Waals surface area contributed by atoms with E-state index in [2.05, 4.69) is 15.5 Å². The lowest BCUT2D eigenvalue weighted by atomic mass is 10.0. The zero-order valence-electron chi connectivity index (χ0n) is 20.5. The number of rotatable bonds is 9. The van der Waals surface area contributed by atoms with E-state index in [4.69, 9.17) is 10.5 Å². The predicted molar refractivity (Wildman–Crippen MR) is 142 cm³/mol. The molecule has 36 heavy (non-hydrogen) atoms. The monoisotopic (exact) mass is 486 g/mol. The van der Waals surface area contributed by atoms with Crippen molar-refractivity contribution in [1.29, 1.82) is 0 Å². The predicted octanol–water partition coefficient (Wildman–Crippen LogP) is 4.53. The molecule has 4 N–H and O–H groups in total. The minimum atomic E-state index is -0.435. The Hall–Kier alpha value is -3.68. The first-order valence-electron chi connectivity index (χ1n) is 12.5. The third-order valence-electron chi connectivity index (χ3n) is 6.43. The van der Waals surface area contributed by atoms with Gasteiger partial charge in [-0.15, -0.1) is 0 Å². The van der Waals surface area contributed by atoms with E-state index < -0.39 is 6.09 Å². The van der Waals surface area contributed by atoms with Crippen molar-refractivity contribution in [1.82, 2.24) is 10.2 Å². The van der Waals surface area contributed by atoms with E-state index in [1.54, 1.807) is 0 Å². The molecule has 0 atom stereocenters. The minimum Gasteiger partial charge on any atom is -0.446 e. The SMILES string of the molecule is NCc1cccc(CNC(=O)CCN2CCC(OC(=O)Nc3ccccc3-c3ccccc3)CC2)c1. The summed E-state index contributed by atoms with van der Waals surface area (Å²) in [4.78, 5) is 27.1. The molecule has 1 aliphatic rings. The summed E-state index contributed by atoms with van der Waals surface area (Å²) in [6, 6.07) is 25.6.